The van der Waals surface area contributed by atoms with Crippen LogP contribution in [0, 0.1) is 0 Å². The van der Waals surface area contributed by atoms with Gasteiger partial charge in [0.2, 0.25) is 18.3 Å². The Kier molecular flexibility index (Phi) is 4.78. The highest BCUT2D eigenvalue weighted by Crippen LogP contribution is 2.52. The largest absolute Gasteiger partial charge is 0.502 e. The van der Waals surface area contributed by atoms with Crippen molar-refractivity contribution in [2.45, 2.75) is 31.5 Å². The van der Waals surface area contributed by atoms with Crippen LogP contribution in [0.5, 0.6) is 23.0 Å². The number of hydrogen-bond acceptors (Lipinski definition) is 9. The van der Waals surface area contributed by atoms with Gasteiger partial charge in [-0.3, -0.25) is 5.32 Å². The van der Waals surface area contributed by atoms with Crippen LogP contribution in [0.3, 0.4) is 0 Å². The highest BCUT2D eigenvalue weighted by molar-refractivity contribution is 7.86. The SMILES string of the molecule is CC1(C)OC(=O)[C@H](c2cc(OS(C)(=O)=O)c(O)c3c2OCO3)N[C@@H]1c1ccccc1. The number of phenolic OH excluding ortho intramolecular Hbond substituents is 1. The maximum atomic E-state index is 12.9. The monoisotopic (exact) mass is 435 g/mol. The average Bonchev–Trinajstić information content (AvgIpc) is 3.14. The molecule has 2 heterocycles. The Hall–Kier alpha value is -2.98. The first-order valence-electron chi connectivity index (χ1n) is 9.15. The molecule has 30 heavy (non-hydrogen) atoms. The fourth-order valence-corrected chi connectivity index (χ4v) is 4.12. The van der Waals surface area contributed by atoms with E-state index in [2.05, 4.69) is 5.32 Å². The van der Waals surface area contributed by atoms with Crippen molar-refractivity contribution < 1.29 is 36.7 Å². The van der Waals surface area contributed by atoms with Gasteiger partial charge in [0, 0.05) is 5.56 Å². The number of nitrogens with one attached hydrogen (secondary N) is 1. The van der Waals surface area contributed by atoms with Crippen molar-refractivity contribution in [3.8, 4) is 23.0 Å². The lowest BCUT2D eigenvalue weighted by molar-refractivity contribution is -0.172. The Morgan fingerprint density at radius 3 is 2.50 bits per heavy atom. The number of benzene rings is 2. The second kappa shape index (κ2) is 7.06. The van der Waals surface area contributed by atoms with Crippen LogP contribution in [0.25, 0.3) is 0 Å². The number of cyclic esters (lactones) is 1. The maximum absolute atomic E-state index is 12.9. The van der Waals surface area contributed by atoms with Gasteiger partial charge in [0.05, 0.1) is 12.3 Å². The van der Waals surface area contributed by atoms with Crippen molar-refractivity contribution >= 4 is 16.1 Å². The van der Waals surface area contributed by atoms with E-state index in [1.807, 2.05) is 30.3 Å². The predicted molar refractivity (Wildman–Crippen MR) is 105 cm³/mol. The molecule has 4 rings (SSSR count). The second-order valence-electron chi connectivity index (χ2n) is 7.63. The molecule has 0 spiro atoms. The lowest BCUT2D eigenvalue weighted by atomic mass is 9.87. The minimum Gasteiger partial charge on any atom is -0.502 e. The summed E-state index contributed by atoms with van der Waals surface area (Å²) in [5.41, 5.74) is 0.291. The third-order valence-corrected chi connectivity index (χ3v) is 5.41. The normalized spacial score (nSPS) is 22.4. The number of ether oxygens (including phenoxy) is 3. The van der Waals surface area contributed by atoms with E-state index in [9.17, 15) is 18.3 Å². The summed E-state index contributed by atoms with van der Waals surface area (Å²) in [6, 6.07) is 9.33. The number of rotatable bonds is 4. The fraction of sp³-hybridized carbons (Fsp3) is 0.350. The molecule has 2 aliphatic heterocycles. The number of hydrogen-bond donors (Lipinski definition) is 2. The van der Waals surface area contributed by atoms with Crippen LogP contribution in [0.4, 0.5) is 0 Å². The maximum Gasteiger partial charge on any atom is 0.328 e. The summed E-state index contributed by atoms with van der Waals surface area (Å²) in [6.45, 7) is 3.39. The molecule has 1 saturated heterocycles. The standard InChI is InChI=1S/C20H21NO8S/c1-20(2)18(11-7-5-4-6-8-11)21-14(19(23)28-20)12-9-13(29-30(3,24)25)15(22)17-16(12)26-10-27-17/h4-9,14,18,21-22H,10H2,1-3H3/t14-,18+/m0/s1. The quantitative estimate of drug-likeness (QED) is 0.550. The van der Waals surface area contributed by atoms with Crippen LogP contribution >= 0.6 is 0 Å². The van der Waals surface area contributed by atoms with Gasteiger partial charge in [0.25, 0.3) is 0 Å². The first kappa shape index (κ1) is 20.3. The molecule has 2 atom stereocenters. The molecule has 0 aliphatic carbocycles. The van der Waals surface area contributed by atoms with Crippen LogP contribution < -0.4 is 19.0 Å². The number of esters is 1. The lowest BCUT2D eigenvalue weighted by Gasteiger charge is -2.42. The van der Waals surface area contributed by atoms with Crippen molar-refractivity contribution in [2.24, 2.45) is 0 Å². The molecular weight excluding hydrogens is 414 g/mol. The summed E-state index contributed by atoms with van der Waals surface area (Å²) in [5.74, 6) is -1.45. The van der Waals surface area contributed by atoms with Gasteiger partial charge in [-0.1, -0.05) is 30.3 Å². The number of aromatic hydroxyl groups is 1. The van der Waals surface area contributed by atoms with Crippen LogP contribution in [-0.4, -0.2) is 38.1 Å². The minimum atomic E-state index is -3.94. The van der Waals surface area contributed by atoms with Crippen LogP contribution in [0.1, 0.15) is 37.1 Å². The van der Waals surface area contributed by atoms with Gasteiger partial charge in [-0.2, -0.15) is 8.42 Å². The highest BCUT2D eigenvalue weighted by atomic mass is 32.2. The van der Waals surface area contributed by atoms with Gasteiger partial charge in [-0.05, 0) is 25.5 Å². The Bertz CT molecular complexity index is 1100. The molecule has 0 saturated carbocycles. The Labute approximate surface area is 173 Å². The Balaban J connectivity index is 1.80. The molecule has 1 fully saturated rings. The van der Waals surface area contributed by atoms with Crippen molar-refractivity contribution in [3.05, 3.63) is 47.5 Å². The van der Waals surface area contributed by atoms with Crippen molar-refractivity contribution in [3.63, 3.8) is 0 Å². The molecule has 2 aliphatic rings. The van der Waals surface area contributed by atoms with Crippen LogP contribution in [-0.2, 0) is 19.6 Å². The molecule has 0 bridgehead atoms. The third-order valence-electron chi connectivity index (χ3n) is 4.92. The lowest BCUT2D eigenvalue weighted by Crippen LogP contribution is -2.52. The van der Waals surface area contributed by atoms with Gasteiger partial charge in [0.1, 0.15) is 11.6 Å². The zero-order valence-electron chi connectivity index (χ0n) is 16.5. The summed E-state index contributed by atoms with van der Waals surface area (Å²) in [4.78, 5) is 12.9. The second-order valence-corrected chi connectivity index (χ2v) is 9.21. The number of morpholine rings is 1. The zero-order valence-corrected chi connectivity index (χ0v) is 17.4. The molecule has 0 amide bonds. The van der Waals surface area contributed by atoms with Crippen molar-refractivity contribution in [1.82, 2.24) is 5.32 Å². The number of phenols is 1. The molecular formula is C20H21NO8S. The van der Waals surface area contributed by atoms with E-state index >= 15 is 0 Å². The van der Waals surface area contributed by atoms with E-state index in [0.29, 0.717) is 0 Å². The Morgan fingerprint density at radius 2 is 1.83 bits per heavy atom. The molecule has 2 N–H and O–H groups in total. The highest BCUT2D eigenvalue weighted by Gasteiger charge is 2.46. The van der Waals surface area contributed by atoms with E-state index in [-0.39, 0.29) is 35.6 Å². The fourth-order valence-electron chi connectivity index (χ4n) is 3.67. The van der Waals surface area contributed by atoms with Gasteiger partial charge < -0.3 is 23.5 Å². The minimum absolute atomic E-state index is 0.0955. The van der Waals surface area contributed by atoms with E-state index in [1.165, 1.54) is 6.07 Å². The number of carbonyl (C=O) groups excluding carboxylic acids is 1. The van der Waals surface area contributed by atoms with Crippen molar-refractivity contribution in [2.75, 3.05) is 13.0 Å². The van der Waals surface area contributed by atoms with E-state index < -0.39 is 33.5 Å². The molecule has 0 aromatic heterocycles. The predicted octanol–water partition coefficient (Wildman–Crippen LogP) is 2.17. The van der Waals surface area contributed by atoms with Crippen LogP contribution in [0.2, 0.25) is 0 Å². The van der Waals surface area contributed by atoms with Gasteiger partial charge in [0.15, 0.2) is 11.5 Å². The smallest absolute Gasteiger partial charge is 0.328 e. The molecule has 0 unspecified atom stereocenters. The van der Waals surface area contributed by atoms with E-state index in [0.717, 1.165) is 11.8 Å². The number of fused-ring (bicyclic) bond motifs is 1. The summed E-state index contributed by atoms with van der Waals surface area (Å²) in [7, 11) is -3.94. The third kappa shape index (κ3) is 3.63. The summed E-state index contributed by atoms with van der Waals surface area (Å²) < 4.78 is 44.6. The zero-order chi connectivity index (χ0) is 21.7. The Morgan fingerprint density at radius 1 is 1.17 bits per heavy atom. The number of carbonyl (C=O) groups is 1. The van der Waals surface area contributed by atoms with Crippen molar-refractivity contribution in [1.29, 1.82) is 0 Å². The average molecular weight is 435 g/mol. The van der Waals surface area contributed by atoms with Gasteiger partial charge in [-0.15, -0.1) is 0 Å². The topological polar surface area (TPSA) is 120 Å². The summed E-state index contributed by atoms with van der Waals surface area (Å²) >= 11 is 0. The molecule has 2 aromatic carbocycles. The molecule has 2 aromatic rings. The summed E-state index contributed by atoms with van der Waals surface area (Å²) in [6.07, 6.45) is 0.845. The van der Waals surface area contributed by atoms with Gasteiger partial charge in [-0.25, -0.2) is 4.79 Å². The molecule has 0 radical (unpaired) electrons. The molecule has 160 valence electrons. The first-order valence-corrected chi connectivity index (χ1v) is 11.0. The van der Waals surface area contributed by atoms with E-state index in [1.54, 1.807) is 13.8 Å². The van der Waals surface area contributed by atoms with Crippen LogP contribution in [0.15, 0.2) is 36.4 Å². The first-order chi connectivity index (χ1) is 14.1. The van der Waals surface area contributed by atoms with E-state index in [4.69, 9.17) is 18.4 Å². The molecule has 10 heteroatoms. The summed E-state index contributed by atoms with van der Waals surface area (Å²) in [5, 5.41) is 13.6. The molecule has 9 nitrogen and oxygen atoms in total. The van der Waals surface area contributed by atoms with Gasteiger partial charge >= 0.3 is 16.1 Å².